The molecule has 2 aliphatic carbocycles. The van der Waals surface area contributed by atoms with Gasteiger partial charge in [0, 0.05) is 36.8 Å². The van der Waals surface area contributed by atoms with E-state index in [-0.39, 0.29) is 31.2 Å². The fourth-order valence-corrected chi connectivity index (χ4v) is 8.10. The molecule has 1 aromatic carbocycles. The van der Waals surface area contributed by atoms with Crippen LogP contribution < -0.4 is 20.1 Å². The lowest BCUT2D eigenvalue weighted by Gasteiger charge is -2.30. The third-order valence-corrected chi connectivity index (χ3v) is 11.7. The van der Waals surface area contributed by atoms with E-state index in [1.54, 1.807) is 25.4 Å². The minimum absolute atomic E-state index is 0.104. The number of hydrogen-bond donors (Lipinski definition) is 3. The second-order valence-electron chi connectivity index (χ2n) is 13.4. The lowest BCUT2D eigenvalue weighted by Crippen LogP contribution is -2.57. The lowest BCUT2D eigenvalue weighted by molar-refractivity contribution is -0.140. The molecule has 264 valence electrons. The van der Waals surface area contributed by atoms with Gasteiger partial charge in [-0.25, -0.2) is 13.4 Å². The molecule has 3 amide bonds. The van der Waals surface area contributed by atoms with Gasteiger partial charge in [-0.05, 0) is 68.0 Å². The number of sulfonamides is 1. The number of allylic oxidation sites excluding steroid dienone is 1. The number of hydrogen-bond acceptors (Lipinski definition) is 12. The summed E-state index contributed by atoms with van der Waals surface area (Å²) in [5.74, 6) is -0.534. The first kappa shape index (κ1) is 33.6. The van der Waals surface area contributed by atoms with E-state index < -0.39 is 50.8 Å². The van der Waals surface area contributed by atoms with E-state index in [9.17, 15) is 22.8 Å². The highest BCUT2D eigenvalue weighted by atomic mass is 32.2. The molecule has 3 aromatic rings. The molecule has 0 spiro atoms. The molecule has 0 bridgehead atoms. The minimum Gasteiger partial charge on any atom is -0.497 e. The lowest BCUT2D eigenvalue weighted by atomic mass is 10.0. The minimum atomic E-state index is -3.86. The first-order valence-electron chi connectivity index (χ1n) is 17.0. The molecule has 0 radical (unpaired) electrons. The van der Waals surface area contributed by atoms with Gasteiger partial charge in [0.25, 0.3) is 5.91 Å². The van der Waals surface area contributed by atoms with Crippen LogP contribution in [-0.2, 0) is 24.4 Å². The monoisotopic (exact) mass is 704 g/mol. The van der Waals surface area contributed by atoms with E-state index in [1.807, 2.05) is 24.3 Å². The Bertz CT molecular complexity index is 1870. The number of tetrazole rings is 1. The molecule has 7 rings (SSSR count). The van der Waals surface area contributed by atoms with Crippen LogP contribution in [-0.4, -0.2) is 97.7 Å². The average Bonchev–Trinajstić information content (AvgIpc) is 3.99. The Kier molecular flexibility index (Phi) is 9.24. The number of carbonyl (C=O) groups excluding carboxylic acids is 3. The number of amides is 3. The summed E-state index contributed by atoms with van der Waals surface area (Å²) in [6.45, 7) is 0.104. The molecule has 3 fully saturated rings. The largest absolute Gasteiger partial charge is 0.497 e. The van der Waals surface area contributed by atoms with Gasteiger partial charge in [0.2, 0.25) is 27.7 Å². The molecule has 50 heavy (non-hydrogen) atoms. The SMILES string of the molecule is COc1ccc(-c2nnn([C@@H]3C[C@H]4C(=O)N[C@]5(C(=O)NS(=O)(=O)C6CC6)CC5/C=C/CCCCC[C@H](Nc5cnccn5)C(=O)N4C3)n2)cc1. The number of methoxy groups -OCH3 is 1. The van der Waals surface area contributed by atoms with Crippen LogP contribution in [0.1, 0.15) is 63.8 Å². The van der Waals surface area contributed by atoms with Crippen LogP contribution in [0.25, 0.3) is 11.4 Å². The van der Waals surface area contributed by atoms with E-state index >= 15 is 0 Å². The Morgan fingerprint density at radius 3 is 2.64 bits per heavy atom. The van der Waals surface area contributed by atoms with Crippen molar-refractivity contribution in [3.05, 3.63) is 55.0 Å². The quantitative estimate of drug-likeness (QED) is 0.287. The van der Waals surface area contributed by atoms with Gasteiger partial charge in [-0.15, -0.1) is 10.2 Å². The highest BCUT2D eigenvalue weighted by Crippen LogP contribution is 2.46. The zero-order valence-electron chi connectivity index (χ0n) is 27.6. The van der Waals surface area contributed by atoms with E-state index in [1.165, 1.54) is 22.1 Å². The van der Waals surface area contributed by atoms with Crippen LogP contribution in [0.15, 0.2) is 55.0 Å². The van der Waals surface area contributed by atoms with Crippen molar-refractivity contribution < 1.29 is 27.5 Å². The van der Waals surface area contributed by atoms with E-state index in [0.29, 0.717) is 42.2 Å². The van der Waals surface area contributed by atoms with Gasteiger partial charge in [0.15, 0.2) is 0 Å². The maximum atomic E-state index is 14.4. The number of carbonyl (C=O) groups is 3. The van der Waals surface area contributed by atoms with Crippen molar-refractivity contribution in [2.75, 3.05) is 19.0 Å². The third kappa shape index (κ3) is 7.04. The second kappa shape index (κ2) is 13.8. The van der Waals surface area contributed by atoms with Crippen molar-refractivity contribution in [2.45, 2.75) is 86.7 Å². The normalized spacial score (nSPS) is 27.9. The Morgan fingerprint density at radius 2 is 1.90 bits per heavy atom. The molecule has 16 nitrogen and oxygen atoms in total. The molecule has 1 saturated heterocycles. The standard InChI is InChI=1S/C33H40N10O6S/c1-49-24-11-9-21(10-12-24)29-38-41-43(39-29)23-17-27-30(44)37-33(32(46)40-50(47,48)25-13-14-25)18-22(33)7-5-3-2-4-6-8-26(31(45)42(27)20-23)36-28-19-34-15-16-35-28/h5,7,9-12,15-16,19,22-23,25-27H,2-4,6,8,13-14,17-18,20H2,1H3,(H,35,36)(H,37,44)(H,40,46)/b7-5+/t22?,23-,26+,27+,33-/m1/s1. The van der Waals surface area contributed by atoms with Crippen LogP contribution in [0.2, 0.25) is 0 Å². The van der Waals surface area contributed by atoms with Gasteiger partial charge in [0.1, 0.15) is 29.2 Å². The number of benzene rings is 1. The molecule has 2 saturated carbocycles. The van der Waals surface area contributed by atoms with Crippen molar-refractivity contribution >= 4 is 33.6 Å². The summed E-state index contributed by atoms with van der Waals surface area (Å²) in [5.41, 5.74) is -0.735. The van der Waals surface area contributed by atoms with Crippen LogP contribution >= 0.6 is 0 Å². The number of nitrogens with one attached hydrogen (secondary N) is 3. The Balaban J connectivity index is 1.19. The molecule has 4 heterocycles. The molecule has 17 heteroatoms. The van der Waals surface area contributed by atoms with Gasteiger partial charge < -0.3 is 20.3 Å². The number of fused-ring (bicyclic) bond motifs is 2. The van der Waals surface area contributed by atoms with Crippen molar-refractivity contribution in [3.8, 4) is 17.1 Å². The molecule has 1 unspecified atom stereocenters. The summed E-state index contributed by atoms with van der Waals surface area (Å²) in [6, 6.07) is 4.97. The molecular formula is C33H40N10O6S. The third-order valence-electron chi connectivity index (χ3n) is 9.85. The molecule has 3 N–H and O–H groups in total. The Morgan fingerprint density at radius 1 is 1.08 bits per heavy atom. The predicted molar refractivity (Wildman–Crippen MR) is 180 cm³/mol. The van der Waals surface area contributed by atoms with Crippen molar-refractivity contribution in [1.82, 2.24) is 45.1 Å². The average molecular weight is 705 g/mol. The fraction of sp³-hybridized carbons (Fsp3) is 0.515. The maximum Gasteiger partial charge on any atom is 0.259 e. The summed E-state index contributed by atoms with van der Waals surface area (Å²) >= 11 is 0. The molecule has 4 aliphatic rings. The molecular weight excluding hydrogens is 664 g/mol. The van der Waals surface area contributed by atoms with E-state index in [2.05, 4.69) is 40.7 Å². The second-order valence-corrected chi connectivity index (χ2v) is 15.3. The summed E-state index contributed by atoms with van der Waals surface area (Å²) in [6.07, 6.45) is 13.6. The first-order valence-corrected chi connectivity index (χ1v) is 18.5. The number of anilines is 1. The van der Waals surface area contributed by atoms with Gasteiger partial charge in [-0.3, -0.25) is 24.1 Å². The maximum absolute atomic E-state index is 14.4. The Hall–Kier alpha value is -4.93. The highest BCUT2D eigenvalue weighted by Gasteiger charge is 2.62. The molecule has 2 aliphatic heterocycles. The number of ether oxygens (including phenoxy) is 1. The van der Waals surface area contributed by atoms with Crippen LogP contribution in [0.5, 0.6) is 5.75 Å². The molecule has 2 aromatic heterocycles. The van der Waals surface area contributed by atoms with Gasteiger partial charge in [-0.1, -0.05) is 25.0 Å². The van der Waals surface area contributed by atoms with Crippen LogP contribution in [0.3, 0.4) is 0 Å². The van der Waals surface area contributed by atoms with E-state index in [0.717, 1.165) is 25.7 Å². The zero-order valence-corrected chi connectivity index (χ0v) is 28.5. The van der Waals surface area contributed by atoms with Gasteiger partial charge >= 0.3 is 0 Å². The smallest absolute Gasteiger partial charge is 0.259 e. The summed E-state index contributed by atoms with van der Waals surface area (Å²) in [7, 11) is -2.28. The predicted octanol–water partition coefficient (Wildman–Crippen LogP) is 1.77. The van der Waals surface area contributed by atoms with Crippen LogP contribution in [0, 0.1) is 5.92 Å². The van der Waals surface area contributed by atoms with Crippen molar-refractivity contribution in [1.29, 1.82) is 0 Å². The topological polar surface area (TPSA) is 203 Å². The van der Waals surface area contributed by atoms with Gasteiger partial charge in [-0.2, -0.15) is 4.80 Å². The highest BCUT2D eigenvalue weighted by molar-refractivity contribution is 7.91. The van der Waals surface area contributed by atoms with Gasteiger partial charge in [0.05, 0.1) is 24.6 Å². The summed E-state index contributed by atoms with van der Waals surface area (Å²) < 4.78 is 33.0. The van der Waals surface area contributed by atoms with Crippen LogP contribution in [0.4, 0.5) is 5.82 Å². The van der Waals surface area contributed by atoms with Crippen molar-refractivity contribution in [3.63, 3.8) is 0 Å². The summed E-state index contributed by atoms with van der Waals surface area (Å²) in [4.78, 5) is 53.7. The van der Waals surface area contributed by atoms with E-state index in [4.69, 9.17) is 4.74 Å². The molecule has 5 atom stereocenters. The Labute approximate surface area is 289 Å². The van der Waals surface area contributed by atoms with Crippen molar-refractivity contribution in [2.24, 2.45) is 5.92 Å². The number of nitrogens with zero attached hydrogens (tertiary/aromatic N) is 7. The fourth-order valence-electron chi connectivity index (χ4n) is 6.73. The first-order chi connectivity index (χ1) is 24.2. The number of aromatic nitrogens is 6. The zero-order chi connectivity index (χ0) is 34.9. The summed E-state index contributed by atoms with van der Waals surface area (Å²) in [5, 5.41) is 18.7. The number of rotatable bonds is 8.